The van der Waals surface area contributed by atoms with Crippen molar-refractivity contribution in [3.05, 3.63) is 70.7 Å². The fourth-order valence-electron chi connectivity index (χ4n) is 3.01. The summed E-state index contributed by atoms with van der Waals surface area (Å²) in [7, 11) is 1.69. The predicted molar refractivity (Wildman–Crippen MR) is 129 cm³/mol. The van der Waals surface area contributed by atoms with Crippen LogP contribution in [0, 0.1) is 6.92 Å². The fourth-order valence-corrected chi connectivity index (χ4v) is 3.84. The zero-order valence-corrected chi connectivity index (χ0v) is 20.0. The van der Waals surface area contributed by atoms with E-state index in [4.69, 9.17) is 4.74 Å². The summed E-state index contributed by atoms with van der Waals surface area (Å²) in [5.74, 6) is -0.136. The zero-order valence-electron chi connectivity index (χ0n) is 19.1. The van der Waals surface area contributed by atoms with E-state index < -0.39 is 5.60 Å². The number of benzene rings is 2. The van der Waals surface area contributed by atoms with Crippen LogP contribution in [0.5, 0.6) is 0 Å². The third-order valence-electron chi connectivity index (χ3n) is 4.53. The lowest BCUT2D eigenvalue weighted by Crippen LogP contribution is -2.33. The van der Waals surface area contributed by atoms with Gasteiger partial charge in [0.15, 0.2) is 0 Å². The molecule has 0 saturated carbocycles. The van der Waals surface area contributed by atoms with Crippen LogP contribution in [0.4, 0.5) is 10.5 Å². The molecule has 32 heavy (non-hydrogen) atoms. The van der Waals surface area contributed by atoms with E-state index in [1.165, 1.54) is 21.8 Å². The molecule has 0 aliphatic carbocycles. The molecule has 0 atom stereocenters. The Morgan fingerprint density at radius 2 is 1.84 bits per heavy atom. The van der Waals surface area contributed by atoms with Crippen molar-refractivity contribution in [3.8, 4) is 10.6 Å². The van der Waals surface area contributed by atoms with Crippen LogP contribution < -0.4 is 5.32 Å². The average molecular weight is 452 g/mol. The van der Waals surface area contributed by atoms with E-state index in [9.17, 15) is 9.59 Å². The lowest BCUT2D eigenvalue weighted by atomic mass is 10.1. The normalized spacial score (nSPS) is 11.2. The maximum absolute atomic E-state index is 12.5. The Hall–Kier alpha value is -3.19. The Bertz CT molecular complexity index is 1080. The number of nitrogens with one attached hydrogen (secondary N) is 1. The molecule has 2 aromatic carbocycles. The van der Waals surface area contributed by atoms with Gasteiger partial charge in [-0.15, -0.1) is 11.3 Å². The molecule has 1 aromatic heterocycles. The standard InChI is InChI=1S/C25H29N3O3S/c1-17-9-11-19(12-10-17)23-27-21(16-32-23)14-22(29)26-20-8-6-7-18(13-20)15-28(5)24(30)31-25(2,3)4/h6-13,16H,14-15H2,1-5H3,(H,26,29). The molecule has 0 bridgehead atoms. The lowest BCUT2D eigenvalue weighted by molar-refractivity contribution is -0.115. The minimum Gasteiger partial charge on any atom is -0.444 e. The first-order valence-corrected chi connectivity index (χ1v) is 11.3. The summed E-state index contributed by atoms with van der Waals surface area (Å²) in [5.41, 5.74) is 4.02. The van der Waals surface area contributed by atoms with Crippen LogP contribution in [-0.4, -0.2) is 34.5 Å². The van der Waals surface area contributed by atoms with Crippen LogP contribution >= 0.6 is 11.3 Å². The van der Waals surface area contributed by atoms with Gasteiger partial charge in [-0.25, -0.2) is 9.78 Å². The molecular formula is C25H29N3O3S. The third kappa shape index (κ3) is 6.92. The van der Waals surface area contributed by atoms with E-state index in [1.54, 1.807) is 7.05 Å². The Labute approximate surface area is 193 Å². The second-order valence-electron chi connectivity index (χ2n) is 8.77. The molecule has 0 aliphatic heterocycles. The SMILES string of the molecule is Cc1ccc(-c2nc(CC(=O)Nc3cccc(CN(C)C(=O)OC(C)(C)C)c3)cs2)cc1. The van der Waals surface area contributed by atoms with Crippen LogP contribution in [-0.2, 0) is 22.5 Å². The zero-order chi connectivity index (χ0) is 23.3. The van der Waals surface area contributed by atoms with Crippen molar-refractivity contribution in [1.82, 2.24) is 9.88 Å². The number of carbonyl (C=O) groups excluding carboxylic acids is 2. The van der Waals surface area contributed by atoms with Gasteiger partial charge in [-0.1, -0.05) is 42.0 Å². The fraction of sp³-hybridized carbons (Fsp3) is 0.320. The monoisotopic (exact) mass is 451 g/mol. The minimum absolute atomic E-state index is 0.136. The molecule has 0 radical (unpaired) electrons. The number of thiazole rings is 1. The van der Waals surface area contributed by atoms with Gasteiger partial charge in [0.25, 0.3) is 0 Å². The lowest BCUT2D eigenvalue weighted by Gasteiger charge is -2.24. The van der Waals surface area contributed by atoms with Crippen LogP contribution in [0.2, 0.25) is 0 Å². The van der Waals surface area contributed by atoms with Gasteiger partial charge in [0, 0.05) is 30.2 Å². The number of carbonyl (C=O) groups is 2. The quantitative estimate of drug-likeness (QED) is 0.524. The average Bonchev–Trinajstić information content (AvgIpc) is 3.15. The van der Waals surface area contributed by atoms with Gasteiger partial charge in [0.2, 0.25) is 5.91 Å². The van der Waals surface area contributed by atoms with E-state index >= 15 is 0 Å². The second-order valence-corrected chi connectivity index (χ2v) is 9.63. The van der Waals surface area contributed by atoms with Crippen molar-refractivity contribution in [1.29, 1.82) is 0 Å². The molecule has 2 amide bonds. The van der Waals surface area contributed by atoms with E-state index in [2.05, 4.69) is 22.4 Å². The summed E-state index contributed by atoms with van der Waals surface area (Å²) in [6.07, 6.45) is -0.190. The molecule has 1 heterocycles. The Kier molecular flexibility index (Phi) is 7.30. The molecular weight excluding hydrogens is 422 g/mol. The van der Waals surface area contributed by atoms with Crippen molar-refractivity contribution in [2.75, 3.05) is 12.4 Å². The molecule has 0 saturated heterocycles. The summed E-state index contributed by atoms with van der Waals surface area (Å²) in [5, 5.41) is 5.74. The number of aromatic nitrogens is 1. The molecule has 168 valence electrons. The van der Waals surface area contributed by atoms with Gasteiger partial charge in [0.1, 0.15) is 10.6 Å². The molecule has 6 nitrogen and oxygen atoms in total. The highest BCUT2D eigenvalue weighted by molar-refractivity contribution is 7.13. The number of amides is 2. The highest BCUT2D eigenvalue weighted by Crippen LogP contribution is 2.24. The number of nitrogens with zero attached hydrogens (tertiary/aromatic N) is 2. The van der Waals surface area contributed by atoms with Crippen molar-refractivity contribution in [3.63, 3.8) is 0 Å². The molecule has 0 aliphatic rings. The first kappa shape index (κ1) is 23.5. The van der Waals surface area contributed by atoms with Crippen molar-refractivity contribution in [2.45, 2.75) is 46.3 Å². The number of anilines is 1. The highest BCUT2D eigenvalue weighted by Gasteiger charge is 2.19. The van der Waals surface area contributed by atoms with Gasteiger partial charge in [-0.2, -0.15) is 0 Å². The van der Waals surface area contributed by atoms with E-state index in [0.29, 0.717) is 12.2 Å². The smallest absolute Gasteiger partial charge is 0.410 e. The molecule has 0 spiro atoms. The Balaban J connectivity index is 1.58. The van der Waals surface area contributed by atoms with Crippen LogP contribution in [0.15, 0.2) is 53.9 Å². The number of rotatable bonds is 6. The molecule has 3 rings (SSSR count). The minimum atomic E-state index is -0.545. The van der Waals surface area contributed by atoms with Crippen LogP contribution in [0.1, 0.15) is 37.6 Å². The molecule has 0 fully saturated rings. The molecule has 7 heteroatoms. The van der Waals surface area contributed by atoms with Gasteiger partial charge < -0.3 is 15.0 Å². The number of aryl methyl sites for hydroxylation is 1. The topological polar surface area (TPSA) is 71.5 Å². The first-order valence-electron chi connectivity index (χ1n) is 10.4. The van der Waals surface area contributed by atoms with Gasteiger partial charge in [0.05, 0.1) is 12.1 Å². The predicted octanol–water partition coefficient (Wildman–Crippen LogP) is 5.67. The summed E-state index contributed by atoms with van der Waals surface area (Å²) < 4.78 is 5.38. The molecule has 1 N–H and O–H groups in total. The summed E-state index contributed by atoms with van der Waals surface area (Å²) >= 11 is 1.53. The maximum atomic E-state index is 12.5. The van der Waals surface area contributed by atoms with Gasteiger partial charge in [-0.05, 0) is 45.4 Å². The number of hydrogen-bond acceptors (Lipinski definition) is 5. The Morgan fingerprint density at radius 3 is 2.53 bits per heavy atom. The highest BCUT2D eigenvalue weighted by atomic mass is 32.1. The summed E-state index contributed by atoms with van der Waals surface area (Å²) in [4.78, 5) is 30.8. The van der Waals surface area contributed by atoms with Gasteiger partial charge in [-0.3, -0.25) is 4.79 Å². The number of hydrogen-bond donors (Lipinski definition) is 1. The van der Waals surface area contributed by atoms with Crippen molar-refractivity contribution >= 4 is 29.0 Å². The van der Waals surface area contributed by atoms with Crippen molar-refractivity contribution < 1.29 is 14.3 Å². The Morgan fingerprint density at radius 1 is 1.12 bits per heavy atom. The summed E-state index contributed by atoms with van der Waals surface area (Å²) in [6, 6.07) is 15.6. The molecule has 0 unspecified atom stereocenters. The van der Waals surface area contributed by atoms with E-state index in [-0.39, 0.29) is 18.4 Å². The summed E-state index contributed by atoms with van der Waals surface area (Å²) in [6.45, 7) is 7.93. The second kappa shape index (κ2) is 9.96. The first-order chi connectivity index (χ1) is 15.1. The number of ether oxygens (including phenoxy) is 1. The molecule has 3 aromatic rings. The van der Waals surface area contributed by atoms with Crippen LogP contribution in [0.25, 0.3) is 10.6 Å². The largest absolute Gasteiger partial charge is 0.444 e. The maximum Gasteiger partial charge on any atom is 0.410 e. The van der Waals surface area contributed by atoms with Gasteiger partial charge >= 0.3 is 6.09 Å². The third-order valence-corrected chi connectivity index (χ3v) is 5.47. The van der Waals surface area contributed by atoms with Crippen molar-refractivity contribution in [2.24, 2.45) is 0 Å². The van der Waals surface area contributed by atoms with E-state index in [0.717, 1.165) is 21.8 Å². The van der Waals surface area contributed by atoms with Crippen LogP contribution in [0.3, 0.4) is 0 Å². The van der Waals surface area contributed by atoms with E-state index in [1.807, 2.05) is 69.5 Å².